The predicted molar refractivity (Wildman–Crippen MR) is 312 cm³/mol. The molecule has 0 unspecified atom stereocenters. The molecular formula is C69H42N4OS. The number of rotatable bonds is 8. The minimum atomic E-state index is 0.556. The summed E-state index contributed by atoms with van der Waals surface area (Å²) in [6.45, 7) is 0. The second-order valence-electron chi connectivity index (χ2n) is 19.0. The molecule has 0 aliphatic carbocycles. The standard InChI is InChI=1S/C69H42N4OS/c1-4-17-43(18-5-1)45-31-33-47(34-32-45)68-70-67(46-21-8-3-9-22-46)71-69(72-68)56-37-36-54-53-26-11-14-29-60(53)74-66(54)63(56)50-24-16-23-49(41-50)51-38-40-62-64(55-27-12-15-30-61(55)75-62)65(51)73-58-28-13-10-25-52(58)57-42-48(35-39-59(57)73)44-19-6-2-7-20-44/h1-42H. The Morgan fingerprint density at radius 3 is 1.64 bits per heavy atom. The van der Waals surface area contributed by atoms with Gasteiger partial charge in [0.15, 0.2) is 17.5 Å². The third-order valence-electron chi connectivity index (χ3n) is 14.7. The summed E-state index contributed by atoms with van der Waals surface area (Å²) in [4.78, 5) is 15.8. The van der Waals surface area contributed by atoms with Crippen molar-refractivity contribution in [3.8, 4) is 84.4 Å². The fourth-order valence-electron chi connectivity index (χ4n) is 11.2. The molecule has 0 saturated heterocycles. The number of para-hydroxylation sites is 2. The molecule has 4 heterocycles. The Balaban J connectivity index is 0.973. The van der Waals surface area contributed by atoms with Crippen LogP contribution in [0, 0.1) is 0 Å². The van der Waals surface area contributed by atoms with Gasteiger partial charge in [0.25, 0.3) is 0 Å². The topological polar surface area (TPSA) is 56.7 Å². The van der Waals surface area contributed by atoms with Gasteiger partial charge in [0.2, 0.25) is 0 Å². The molecule has 0 N–H and O–H groups in total. The number of hydrogen-bond donors (Lipinski definition) is 0. The zero-order valence-corrected chi connectivity index (χ0v) is 41.2. The Morgan fingerprint density at radius 1 is 0.320 bits per heavy atom. The molecule has 0 saturated carbocycles. The van der Waals surface area contributed by atoms with Crippen molar-refractivity contribution in [2.75, 3.05) is 0 Å². The number of thiophene rings is 1. The lowest BCUT2D eigenvalue weighted by molar-refractivity contribution is 0.670. The highest BCUT2D eigenvalue weighted by Crippen LogP contribution is 2.48. The Kier molecular flexibility index (Phi) is 10.00. The van der Waals surface area contributed by atoms with Crippen molar-refractivity contribution in [1.82, 2.24) is 19.5 Å². The summed E-state index contributed by atoms with van der Waals surface area (Å²) in [6, 6.07) is 90.5. The van der Waals surface area contributed by atoms with Gasteiger partial charge >= 0.3 is 0 Å². The van der Waals surface area contributed by atoms with Crippen molar-refractivity contribution in [2.45, 2.75) is 0 Å². The minimum Gasteiger partial charge on any atom is -0.455 e. The highest BCUT2D eigenvalue weighted by molar-refractivity contribution is 7.26. The largest absolute Gasteiger partial charge is 0.455 e. The van der Waals surface area contributed by atoms with Gasteiger partial charge < -0.3 is 8.98 Å². The van der Waals surface area contributed by atoms with Crippen LogP contribution in [0.25, 0.3) is 148 Å². The van der Waals surface area contributed by atoms with E-state index in [9.17, 15) is 0 Å². The summed E-state index contributed by atoms with van der Waals surface area (Å²) in [7, 11) is 0. The van der Waals surface area contributed by atoms with Crippen LogP contribution >= 0.6 is 11.3 Å². The van der Waals surface area contributed by atoms with E-state index in [1.165, 1.54) is 42.1 Å². The third kappa shape index (κ3) is 7.18. The molecular weight excluding hydrogens is 933 g/mol. The predicted octanol–water partition coefficient (Wildman–Crippen LogP) is 18.9. The Labute approximate surface area is 435 Å². The summed E-state index contributed by atoms with van der Waals surface area (Å²) in [6.07, 6.45) is 0. The Bertz CT molecular complexity index is 4690. The van der Waals surface area contributed by atoms with E-state index in [0.717, 1.165) is 88.7 Å². The number of nitrogens with zero attached hydrogens (tertiary/aromatic N) is 4. The molecule has 15 aromatic rings. The maximum Gasteiger partial charge on any atom is 0.164 e. The van der Waals surface area contributed by atoms with Crippen LogP contribution in [0.2, 0.25) is 0 Å². The summed E-state index contributed by atoms with van der Waals surface area (Å²) >= 11 is 1.84. The van der Waals surface area contributed by atoms with Gasteiger partial charge in [-0.05, 0) is 88.0 Å². The maximum absolute atomic E-state index is 6.97. The highest BCUT2D eigenvalue weighted by atomic mass is 32.1. The lowest BCUT2D eigenvalue weighted by Gasteiger charge is -2.18. The van der Waals surface area contributed by atoms with Crippen LogP contribution in [0.1, 0.15) is 0 Å². The molecule has 0 spiro atoms. The monoisotopic (exact) mass is 974 g/mol. The molecule has 0 atom stereocenters. The third-order valence-corrected chi connectivity index (χ3v) is 15.8. The number of benzene rings is 11. The van der Waals surface area contributed by atoms with Gasteiger partial charge in [-0.2, -0.15) is 0 Å². The second-order valence-corrected chi connectivity index (χ2v) is 20.1. The van der Waals surface area contributed by atoms with Gasteiger partial charge in [0, 0.05) is 69.5 Å². The van der Waals surface area contributed by atoms with Crippen molar-refractivity contribution in [1.29, 1.82) is 0 Å². The average Bonchev–Trinajstić information content (AvgIpc) is 4.17. The molecule has 0 amide bonds. The van der Waals surface area contributed by atoms with E-state index >= 15 is 0 Å². The van der Waals surface area contributed by atoms with Gasteiger partial charge in [0.05, 0.1) is 16.7 Å². The molecule has 0 radical (unpaired) electrons. The number of furan rings is 1. The van der Waals surface area contributed by atoms with Crippen LogP contribution in [0.5, 0.6) is 0 Å². The molecule has 11 aromatic carbocycles. The first-order chi connectivity index (χ1) is 37.2. The van der Waals surface area contributed by atoms with Gasteiger partial charge in [0.1, 0.15) is 11.2 Å². The first kappa shape index (κ1) is 42.9. The summed E-state index contributed by atoms with van der Waals surface area (Å²) in [5.41, 5.74) is 16.5. The van der Waals surface area contributed by atoms with Gasteiger partial charge in [-0.3, -0.25) is 0 Å². The van der Waals surface area contributed by atoms with Crippen LogP contribution < -0.4 is 0 Å². The molecule has 0 fully saturated rings. The van der Waals surface area contributed by atoms with E-state index in [4.69, 9.17) is 19.4 Å². The highest BCUT2D eigenvalue weighted by Gasteiger charge is 2.25. The van der Waals surface area contributed by atoms with E-state index in [-0.39, 0.29) is 0 Å². The molecule has 0 aliphatic heterocycles. The van der Waals surface area contributed by atoms with E-state index in [0.29, 0.717) is 17.5 Å². The van der Waals surface area contributed by atoms with Gasteiger partial charge in [-0.15, -0.1) is 11.3 Å². The van der Waals surface area contributed by atoms with E-state index < -0.39 is 0 Å². The van der Waals surface area contributed by atoms with Crippen LogP contribution in [-0.4, -0.2) is 19.5 Å². The van der Waals surface area contributed by atoms with Gasteiger partial charge in [-0.1, -0.05) is 200 Å². The Morgan fingerprint density at radius 2 is 0.867 bits per heavy atom. The lowest BCUT2D eigenvalue weighted by atomic mass is 9.92. The summed E-state index contributed by atoms with van der Waals surface area (Å²) in [5.74, 6) is 1.74. The first-order valence-electron chi connectivity index (χ1n) is 25.2. The number of hydrogen-bond acceptors (Lipinski definition) is 5. The van der Waals surface area contributed by atoms with Crippen LogP contribution in [0.3, 0.4) is 0 Å². The van der Waals surface area contributed by atoms with Crippen molar-refractivity contribution < 1.29 is 4.42 Å². The van der Waals surface area contributed by atoms with E-state index in [1.807, 2.05) is 47.7 Å². The average molecular weight is 975 g/mol. The summed E-state index contributed by atoms with van der Waals surface area (Å²) in [5, 5.41) is 6.97. The van der Waals surface area contributed by atoms with E-state index in [2.05, 4.69) is 223 Å². The van der Waals surface area contributed by atoms with Crippen molar-refractivity contribution in [3.05, 3.63) is 255 Å². The lowest BCUT2D eigenvalue weighted by Crippen LogP contribution is -2.01. The maximum atomic E-state index is 6.97. The normalized spacial score (nSPS) is 11.7. The van der Waals surface area contributed by atoms with Crippen LogP contribution in [0.4, 0.5) is 0 Å². The molecule has 350 valence electrons. The zero-order chi connectivity index (χ0) is 49.4. The van der Waals surface area contributed by atoms with Crippen molar-refractivity contribution >= 4 is 75.3 Å². The SMILES string of the molecule is c1ccc(-c2ccc(-c3nc(-c4ccccc4)nc(-c4ccc5c(oc6ccccc65)c4-c4cccc(-c5ccc6sc7ccccc7c6c5-n5c6ccccc6c6cc(-c7ccccc7)ccc65)c4)n3)cc2)cc1. The molecule has 4 aromatic heterocycles. The second kappa shape index (κ2) is 17.5. The summed E-state index contributed by atoms with van der Waals surface area (Å²) < 4.78 is 12.0. The van der Waals surface area contributed by atoms with E-state index in [1.54, 1.807) is 0 Å². The molecule has 15 rings (SSSR count). The molecule has 0 aliphatic rings. The zero-order valence-electron chi connectivity index (χ0n) is 40.4. The van der Waals surface area contributed by atoms with Crippen LogP contribution in [-0.2, 0) is 0 Å². The number of aromatic nitrogens is 4. The van der Waals surface area contributed by atoms with Crippen molar-refractivity contribution in [3.63, 3.8) is 0 Å². The number of fused-ring (bicyclic) bond motifs is 9. The minimum absolute atomic E-state index is 0.556. The molecule has 0 bridgehead atoms. The van der Waals surface area contributed by atoms with Crippen LogP contribution in [0.15, 0.2) is 259 Å². The molecule has 75 heavy (non-hydrogen) atoms. The first-order valence-corrected chi connectivity index (χ1v) is 26.1. The fourth-order valence-corrected chi connectivity index (χ4v) is 12.3. The smallest absolute Gasteiger partial charge is 0.164 e. The quantitative estimate of drug-likeness (QED) is 0.152. The van der Waals surface area contributed by atoms with Crippen molar-refractivity contribution in [2.24, 2.45) is 0 Å². The molecule has 5 nitrogen and oxygen atoms in total. The Hall–Kier alpha value is -9.75. The molecule has 6 heteroatoms. The van der Waals surface area contributed by atoms with Gasteiger partial charge in [-0.25, -0.2) is 15.0 Å². The fraction of sp³-hybridized carbons (Fsp3) is 0.